The van der Waals surface area contributed by atoms with Crippen LogP contribution in [-0.2, 0) is 4.74 Å². The first-order valence-corrected chi connectivity index (χ1v) is 14.0. The molecule has 0 spiro atoms. The Hall–Kier alpha value is -3.26. The summed E-state index contributed by atoms with van der Waals surface area (Å²) in [4.78, 5) is 32.8. The van der Waals surface area contributed by atoms with Crippen LogP contribution in [0.4, 0.5) is 8.78 Å². The summed E-state index contributed by atoms with van der Waals surface area (Å²) in [5.74, 6) is -2.90. The summed E-state index contributed by atoms with van der Waals surface area (Å²) in [6, 6.07) is 17.5. The predicted molar refractivity (Wildman–Crippen MR) is 151 cm³/mol. The summed E-state index contributed by atoms with van der Waals surface area (Å²) in [6.07, 6.45) is 0. The van der Waals surface area contributed by atoms with E-state index in [4.69, 9.17) is 4.74 Å². The molecule has 5 nitrogen and oxygen atoms in total. The van der Waals surface area contributed by atoms with Crippen LogP contribution in [0.3, 0.4) is 0 Å². The number of rotatable bonds is 8. The Kier molecular flexibility index (Phi) is 8.84. The second kappa shape index (κ2) is 12.5. The Bertz CT molecular complexity index is 1300. The largest absolute Gasteiger partial charge is 0.379 e. The average molecular weight is 547 g/mol. The lowest BCUT2D eigenvalue weighted by Crippen LogP contribution is -2.52. The minimum atomic E-state index is -0.580. The molecule has 210 valence electrons. The van der Waals surface area contributed by atoms with Gasteiger partial charge in [0.05, 0.1) is 13.2 Å². The Morgan fingerprint density at radius 3 is 1.85 bits per heavy atom. The highest BCUT2D eigenvalue weighted by atomic mass is 19.1. The number of likely N-dealkylation sites (tertiary alicyclic amines) is 1. The van der Waals surface area contributed by atoms with Crippen LogP contribution in [0.2, 0.25) is 0 Å². The number of hydrogen-bond donors (Lipinski definition) is 0. The number of nitrogens with zero attached hydrogens (tertiary/aromatic N) is 2. The Labute approximate surface area is 234 Å². The van der Waals surface area contributed by atoms with Crippen LogP contribution in [0, 0.1) is 37.3 Å². The summed E-state index contributed by atoms with van der Waals surface area (Å²) in [5, 5.41) is 0. The topological polar surface area (TPSA) is 49.9 Å². The van der Waals surface area contributed by atoms with Crippen molar-refractivity contribution in [3.63, 3.8) is 0 Å². The van der Waals surface area contributed by atoms with Gasteiger partial charge in [-0.2, -0.15) is 0 Å². The summed E-state index contributed by atoms with van der Waals surface area (Å²) in [5.41, 5.74) is 3.64. The van der Waals surface area contributed by atoms with Crippen molar-refractivity contribution in [2.45, 2.75) is 19.8 Å². The molecule has 0 saturated carbocycles. The smallest absolute Gasteiger partial charge is 0.167 e. The number of benzene rings is 3. The van der Waals surface area contributed by atoms with E-state index in [-0.39, 0.29) is 11.6 Å². The number of aryl methyl sites for hydroxylation is 1. The molecule has 0 radical (unpaired) electrons. The second-order valence-corrected chi connectivity index (χ2v) is 11.0. The van der Waals surface area contributed by atoms with Gasteiger partial charge in [0.2, 0.25) is 0 Å². The van der Waals surface area contributed by atoms with Gasteiger partial charge in [-0.15, -0.1) is 0 Å². The number of morpholine rings is 1. The molecule has 3 aromatic carbocycles. The fraction of sp³-hybridized carbons (Fsp3) is 0.394. The van der Waals surface area contributed by atoms with Crippen LogP contribution in [0.15, 0.2) is 66.7 Å². The van der Waals surface area contributed by atoms with Crippen molar-refractivity contribution in [3.05, 3.63) is 106 Å². The van der Waals surface area contributed by atoms with Gasteiger partial charge in [0.1, 0.15) is 11.6 Å². The summed E-state index contributed by atoms with van der Waals surface area (Å²) in [7, 11) is 0. The molecule has 2 fully saturated rings. The van der Waals surface area contributed by atoms with Gasteiger partial charge in [-0.25, -0.2) is 8.78 Å². The van der Waals surface area contributed by atoms with E-state index >= 15 is 0 Å². The van der Waals surface area contributed by atoms with Gasteiger partial charge in [-0.3, -0.25) is 14.5 Å². The molecule has 0 aliphatic carbocycles. The van der Waals surface area contributed by atoms with E-state index in [2.05, 4.69) is 9.80 Å². The highest BCUT2D eigenvalue weighted by molar-refractivity contribution is 6.02. The summed E-state index contributed by atoms with van der Waals surface area (Å²) < 4.78 is 33.9. The zero-order valence-corrected chi connectivity index (χ0v) is 23.1. The number of piperidine rings is 1. The van der Waals surface area contributed by atoms with E-state index in [1.165, 1.54) is 24.3 Å². The first-order valence-electron chi connectivity index (χ1n) is 14.0. The number of halogens is 2. The summed E-state index contributed by atoms with van der Waals surface area (Å²) in [6.45, 7) is 9.47. The number of ketones is 2. The first-order chi connectivity index (χ1) is 19.3. The Morgan fingerprint density at radius 1 is 0.775 bits per heavy atom. The van der Waals surface area contributed by atoms with Crippen LogP contribution >= 0.6 is 0 Å². The summed E-state index contributed by atoms with van der Waals surface area (Å²) >= 11 is 0. The van der Waals surface area contributed by atoms with Gasteiger partial charge in [0, 0.05) is 68.1 Å². The molecule has 3 aromatic rings. The maximum Gasteiger partial charge on any atom is 0.167 e. The van der Waals surface area contributed by atoms with Gasteiger partial charge in [0.25, 0.3) is 0 Å². The van der Waals surface area contributed by atoms with Gasteiger partial charge in [-0.05, 0) is 54.8 Å². The van der Waals surface area contributed by atoms with Crippen molar-refractivity contribution in [2.24, 2.45) is 11.8 Å². The Balaban J connectivity index is 1.57. The van der Waals surface area contributed by atoms with Crippen molar-refractivity contribution in [2.75, 3.05) is 52.5 Å². The molecule has 40 heavy (non-hydrogen) atoms. The number of Topliss-reactive ketones (excluding diaryl/α,β-unsaturated/α-hetero) is 2. The molecule has 2 atom stereocenters. The van der Waals surface area contributed by atoms with E-state index in [1.54, 1.807) is 24.3 Å². The molecule has 2 aliphatic rings. The monoisotopic (exact) mass is 546 g/mol. The van der Waals surface area contributed by atoms with Gasteiger partial charge >= 0.3 is 0 Å². The number of hydrogen-bond acceptors (Lipinski definition) is 5. The maximum absolute atomic E-state index is 14.2. The van der Waals surface area contributed by atoms with E-state index in [9.17, 15) is 18.4 Å². The van der Waals surface area contributed by atoms with Crippen molar-refractivity contribution in [3.8, 4) is 0 Å². The molecule has 2 saturated heterocycles. The fourth-order valence-electron chi connectivity index (χ4n) is 6.20. The van der Waals surface area contributed by atoms with Crippen LogP contribution < -0.4 is 0 Å². The minimum Gasteiger partial charge on any atom is -0.379 e. The van der Waals surface area contributed by atoms with E-state index in [1.807, 2.05) is 32.0 Å². The van der Waals surface area contributed by atoms with Crippen LogP contribution in [0.1, 0.15) is 43.3 Å². The molecule has 7 heteroatoms. The van der Waals surface area contributed by atoms with E-state index in [0.29, 0.717) is 44.0 Å². The molecule has 0 N–H and O–H groups in total. The third-order valence-corrected chi connectivity index (χ3v) is 8.51. The van der Waals surface area contributed by atoms with Crippen molar-refractivity contribution in [1.29, 1.82) is 0 Å². The lowest BCUT2D eigenvalue weighted by Gasteiger charge is -2.44. The van der Waals surface area contributed by atoms with E-state index < -0.39 is 29.4 Å². The molecular weight excluding hydrogens is 510 g/mol. The molecule has 0 aromatic heterocycles. The minimum absolute atomic E-state index is 0.182. The molecule has 0 amide bonds. The zero-order chi connectivity index (χ0) is 28.2. The highest BCUT2D eigenvalue weighted by Gasteiger charge is 2.45. The molecule has 5 rings (SSSR count). The Morgan fingerprint density at radius 2 is 1.30 bits per heavy atom. The van der Waals surface area contributed by atoms with Gasteiger partial charge < -0.3 is 9.64 Å². The van der Waals surface area contributed by atoms with Crippen molar-refractivity contribution < 1.29 is 23.1 Å². The van der Waals surface area contributed by atoms with Crippen molar-refractivity contribution in [1.82, 2.24) is 9.80 Å². The van der Waals surface area contributed by atoms with Crippen LogP contribution in [0.25, 0.3) is 0 Å². The zero-order valence-electron chi connectivity index (χ0n) is 23.1. The van der Waals surface area contributed by atoms with Gasteiger partial charge in [0.15, 0.2) is 11.6 Å². The quantitative estimate of drug-likeness (QED) is 0.359. The number of carbonyl (C=O) groups is 2. The number of carbonyl (C=O) groups excluding carboxylic acids is 2. The predicted octanol–water partition coefficient (Wildman–Crippen LogP) is 5.31. The average Bonchev–Trinajstić information content (AvgIpc) is 2.97. The molecular formula is C33H36F2N2O3. The first kappa shape index (κ1) is 28.3. The van der Waals surface area contributed by atoms with Crippen LogP contribution in [-0.4, -0.2) is 73.8 Å². The lowest BCUT2D eigenvalue weighted by molar-refractivity contribution is 0.0258. The van der Waals surface area contributed by atoms with Crippen molar-refractivity contribution >= 4 is 11.6 Å². The standard InChI is InChI=1S/C33H36F2N2O3/c1-22-6-3-11-28(23(22)2)31-29(32(38)24-7-4-9-26(34)18-24)20-37(13-12-36-14-16-40-17-15-36)21-30(31)33(39)25-8-5-10-27(35)19-25/h3-11,18-19,29-31H,12-17,20-21H2,1-2H3. The van der Waals surface area contributed by atoms with Gasteiger partial charge in [-0.1, -0.05) is 42.5 Å². The molecule has 2 heterocycles. The lowest BCUT2D eigenvalue weighted by atomic mass is 9.67. The third-order valence-electron chi connectivity index (χ3n) is 8.51. The normalized spacial score (nSPS) is 22.2. The number of ether oxygens (including phenoxy) is 1. The molecule has 0 bridgehead atoms. The third kappa shape index (κ3) is 6.22. The highest BCUT2D eigenvalue weighted by Crippen LogP contribution is 2.42. The fourth-order valence-corrected chi connectivity index (χ4v) is 6.20. The SMILES string of the molecule is Cc1cccc(C2C(C(=O)c3cccc(F)c3)CN(CCN3CCOCC3)CC2C(=O)c2cccc(F)c2)c1C. The maximum atomic E-state index is 14.2. The second-order valence-electron chi connectivity index (χ2n) is 11.0. The van der Waals surface area contributed by atoms with E-state index in [0.717, 1.165) is 36.3 Å². The van der Waals surface area contributed by atoms with Crippen LogP contribution in [0.5, 0.6) is 0 Å². The molecule has 2 unspecified atom stereocenters. The molecule has 2 aliphatic heterocycles.